The zero-order chi connectivity index (χ0) is 22.5. The summed E-state index contributed by atoms with van der Waals surface area (Å²) in [6.45, 7) is 6.18. The molecule has 160 valence electrons. The van der Waals surface area contributed by atoms with Crippen LogP contribution >= 0.6 is 0 Å². The van der Waals surface area contributed by atoms with Gasteiger partial charge in [-0.05, 0) is 44.5 Å². The van der Waals surface area contributed by atoms with Crippen molar-refractivity contribution in [1.82, 2.24) is 15.0 Å². The predicted octanol–water partition coefficient (Wildman–Crippen LogP) is 3.77. The van der Waals surface area contributed by atoms with Gasteiger partial charge in [0.2, 0.25) is 5.88 Å². The highest BCUT2D eigenvalue weighted by molar-refractivity contribution is 5.77. The first kappa shape index (κ1) is 19.9. The van der Waals surface area contributed by atoms with Crippen molar-refractivity contribution in [3.63, 3.8) is 0 Å². The summed E-state index contributed by atoms with van der Waals surface area (Å²) in [6.07, 6.45) is 6.25. The van der Waals surface area contributed by atoms with Crippen molar-refractivity contribution in [3.8, 4) is 34.6 Å². The number of ether oxygens (including phenoxy) is 2. The van der Waals surface area contributed by atoms with E-state index in [4.69, 9.17) is 15.2 Å². The number of halogens is 1. The number of pyridine rings is 1. The van der Waals surface area contributed by atoms with E-state index in [2.05, 4.69) is 31.8 Å². The molecule has 0 saturated carbocycles. The third-order valence-corrected chi connectivity index (χ3v) is 5.19. The monoisotopic (exact) mass is 429 g/mol. The van der Waals surface area contributed by atoms with Gasteiger partial charge >= 0.3 is 0 Å². The number of fused-ring (bicyclic) bond motifs is 4. The van der Waals surface area contributed by atoms with Crippen molar-refractivity contribution in [3.05, 3.63) is 65.6 Å². The number of hydrogen-bond donors (Lipinski definition) is 1. The summed E-state index contributed by atoms with van der Waals surface area (Å²) in [5.41, 5.74) is 7.69. The maximum absolute atomic E-state index is 15.2. The number of benzene rings is 1. The Labute approximate surface area is 184 Å². The molecule has 3 aromatic rings. The molecule has 5 rings (SSSR count). The number of nitrogens with two attached hydrogens (primary N) is 1. The third-order valence-electron chi connectivity index (χ3n) is 5.19. The molecule has 0 fully saturated rings. The predicted molar refractivity (Wildman–Crippen MR) is 116 cm³/mol. The highest BCUT2D eigenvalue weighted by Crippen LogP contribution is 2.52. The quantitative estimate of drug-likeness (QED) is 0.592. The van der Waals surface area contributed by atoms with Gasteiger partial charge in [0.05, 0.1) is 5.56 Å². The molecule has 2 aliphatic rings. The van der Waals surface area contributed by atoms with Crippen molar-refractivity contribution < 1.29 is 13.9 Å². The molecule has 0 unspecified atom stereocenters. The molecule has 0 saturated heterocycles. The molecule has 0 bridgehead atoms. The van der Waals surface area contributed by atoms with Gasteiger partial charge in [-0.2, -0.15) is 0 Å². The highest BCUT2D eigenvalue weighted by Gasteiger charge is 2.48. The summed E-state index contributed by atoms with van der Waals surface area (Å²) in [5, 5.41) is 0. The normalized spacial score (nSPS) is 18.6. The topological polar surface area (TPSA) is 95.5 Å². The lowest BCUT2D eigenvalue weighted by atomic mass is 9.81. The lowest BCUT2D eigenvalue weighted by molar-refractivity contribution is 0.259. The van der Waals surface area contributed by atoms with Crippen LogP contribution in [0.3, 0.4) is 0 Å². The summed E-state index contributed by atoms with van der Waals surface area (Å²) in [7, 11) is 0. The highest BCUT2D eigenvalue weighted by atomic mass is 19.1. The second kappa shape index (κ2) is 7.02. The smallest absolute Gasteiger partial charge is 0.283 e. The second-order valence-electron chi connectivity index (χ2n) is 8.74. The van der Waals surface area contributed by atoms with Crippen LogP contribution in [0, 0.1) is 23.1 Å². The van der Waals surface area contributed by atoms with E-state index in [1.807, 2.05) is 26.8 Å². The Hall–Kier alpha value is -3.99. The SMILES string of the molecule is CC(C)(C)C#Cc1cnc2c(c1)[C@]1(COC(N)=N1)c1cc(-c3cncnc3)cc(F)c1O2. The van der Waals surface area contributed by atoms with Gasteiger partial charge in [-0.1, -0.05) is 11.8 Å². The van der Waals surface area contributed by atoms with Crippen LogP contribution in [0.25, 0.3) is 11.1 Å². The zero-order valence-corrected chi connectivity index (χ0v) is 17.8. The Morgan fingerprint density at radius 3 is 2.53 bits per heavy atom. The minimum absolute atomic E-state index is 0.0174. The van der Waals surface area contributed by atoms with Crippen LogP contribution in [0.2, 0.25) is 0 Å². The fourth-order valence-electron chi connectivity index (χ4n) is 3.73. The van der Waals surface area contributed by atoms with Gasteiger partial charge < -0.3 is 15.2 Å². The van der Waals surface area contributed by atoms with Crippen molar-refractivity contribution in [2.75, 3.05) is 6.61 Å². The molecule has 2 aliphatic heterocycles. The molecule has 0 aliphatic carbocycles. The Morgan fingerprint density at radius 1 is 1.06 bits per heavy atom. The van der Waals surface area contributed by atoms with E-state index in [1.165, 1.54) is 12.4 Å². The molecule has 2 aromatic heterocycles. The second-order valence-corrected chi connectivity index (χ2v) is 8.74. The van der Waals surface area contributed by atoms with Crippen molar-refractivity contribution in [2.45, 2.75) is 26.3 Å². The molecule has 1 aromatic carbocycles. The Balaban J connectivity index is 1.72. The molecule has 1 spiro atoms. The molecule has 32 heavy (non-hydrogen) atoms. The van der Waals surface area contributed by atoms with Crippen LogP contribution in [0.5, 0.6) is 11.6 Å². The van der Waals surface area contributed by atoms with Crippen LogP contribution in [0.15, 0.2) is 48.1 Å². The number of amidine groups is 1. The molecule has 0 amide bonds. The zero-order valence-electron chi connectivity index (χ0n) is 17.8. The van der Waals surface area contributed by atoms with E-state index in [9.17, 15) is 0 Å². The van der Waals surface area contributed by atoms with E-state index < -0.39 is 11.4 Å². The van der Waals surface area contributed by atoms with Gasteiger partial charge in [0.25, 0.3) is 6.02 Å². The summed E-state index contributed by atoms with van der Waals surface area (Å²) in [4.78, 5) is 17.1. The van der Waals surface area contributed by atoms with Gasteiger partial charge in [-0.3, -0.25) is 0 Å². The number of aromatic nitrogens is 3. The van der Waals surface area contributed by atoms with Gasteiger partial charge in [0, 0.05) is 40.7 Å². The lowest BCUT2D eigenvalue weighted by Gasteiger charge is -2.33. The van der Waals surface area contributed by atoms with Crippen LogP contribution in [0.1, 0.15) is 37.5 Å². The molecule has 1 atom stereocenters. The summed E-state index contributed by atoms with van der Waals surface area (Å²) in [6, 6.07) is 5.05. The van der Waals surface area contributed by atoms with Crippen LogP contribution in [-0.2, 0) is 10.3 Å². The molecule has 2 N–H and O–H groups in total. The molecule has 7 nitrogen and oxygen atoms in total. The first-order valence-corrected chi connectivity index (χ1v) is 10.0. The van der Waals surface area contributed by atoms with Crippen molar-refractivity contribution in [2.24, 2.45) is 16.1 Å². The maximum atomic E-state index is 15.2. The Bertz CT molecular complexity index is 1320. The van der Waals surface area contributed by atoms with Gasteiger partial charge in [-0.15, -0.1) is 0 Å². The van der Waals surface area contributed by atoms with E-state index in [1.54, 1.807) is 24.7 Å². The van der Waals surface area contributed by atoms with Crippen molar-refractivity contribution >= 4 is 6.02 Å². The standard InChI is InChI=1S/C24H20FN5O2/c1-23(2,3)5-4-14-6-18-21(29-9-14)32-20-17(24(18)12-31-22(26)30-24)7-15(8-19(20)25)16-10-27-13-28-11-16/h6-11,13H,12H2,1-3H3,(H2,26,30)/t24-/m0/s1. The number of hydrogen-bond acceptors (Lipinski definition) is 7. The fourth-order valence-corrected chi connectivity index (χ4v) is 3.73. The molecule has 4 heterocycles. The third kappa shape index (κ3) is 3.32. The van der Waals surface area contributed by atoms with Gasteiger partial charge in [0.1, 0.15) is 12.9 Å². The fraction of sp³-hybridized carbons (Fsp3) is 0.250. The maximum Gasteiger partial charge on any atom is 0.283 e. The van der Waals surface area contributed by atoms with Gasteiger partial charge in [-0.25, -0.2) is 24.3 Å². The first-order chi connectivity index (χ1) is 15.2. The lowest BCUT2D eigenvalue weighted by Crippen LogP contribution is -2.32. The van der Waals surface area contributed by atoms with E-state index in [0.717, 1.165) is 0 Å². The summed E-state index contributed by atoms with van der Waals surface area (Å²) in [5.74, 6) is 6.08. The van der Waals surface area contributed by atoms with E-state index in [0.29, 0.717) is 27.8 Å². The minimum atomic E-state index is -1.11. The number of aliphatic imine (C=N–C) groups is 1. The number of nitrogens with zero attached hydrogens (tertiary/aromatic N) is 4. The number of rotatable bonds is 1. The average Bonchev–Trinajstić information content (AvgIpc) is 3.15. The van der Waals surface area contributed by atoms with Crippen LogP contribution in [-0.4, -0.2) is 27.6 Å². The van der Waals surface area contributed by atoms with E-state index >= 15 is 4.39 Å². The van der Waals surface area contributed by atoms with E-state index in [-0.39, 0.29) is 29.7 Å². The Morgan fingerprint density at radius 2 is 1.84 bits per heavy atom. The molecular formula is C24H20FN5O2. The molecule has 8 heteroatoms. The average molecular weight is 429 g/mol. The van der Waals surface area contributed by atoms with Crippen LogP contribution < -0.4 is 10.5 Å². The van der Waals surface area contributed by atoms with Gasteiger partial charge in [0.15, 0.2) is 17.1 Å². The largest absolute Gasteiger partial charge is 0.462 e. The Kier molecular flexibility index (Phi) is 4.38. The summed E-state index contributed by atoms with van der Waals surface area (Å²) < 4.78 is 26.7. The first-order valence-electron chi connectivity index (χ1n) is 10.0. The molecule has 0 radical (unpaired) electrons. The molecular weight excluding hydrogens is 409 g/mol. The summed E-state index contributed by atoms with van der Waals surface area (Å²) >= 11 is 0. The minimum Gasteiger partial charge on any atom is -0.462 e. The van der Waals surface area contributed by atoms with Crippen LogP contribution in [0.4, 0.5) is 4.39 Å². The van der Waals surface area contributed by atoms with Crippen molar-refractivity contribution in [1.29, 1.82) is 0 Å².